The number of aromatic nitrogens is 4. The van der Waals surface area contributed by atoms with Crippen molar-refractivity contribution in [3.05, 3.63) is 38.5 Å². The lowest BCUT2D eigenvalue weighted by atomic mass is 10.3. The molecule has 21 heavy (non-hydrogen) atoms. The van der Waals surface area contributed by atoms with Gasteiger partial charge < -0.3 is 4.74 Å². The summed E-state index contributed by atoms with van der Waals surface area (Å²) in [5, 5.41) is 5.06. The van der Waals surface area contributed by atoms with Gasteiger partial charge in [-0.25, -0.2) is 4.98 Å². The molecule has 0 aliphatic rings. The SMILES string of the molecule is CCc1nn(CC)c(Cn2c(OC)nc(C)cc2=O)c1Cl. The largest absolute Gasteiger partial charge is 0.468 e. The van der Waals surface area contributed by atoms with Crippen LogP contribution in [0, 0.1) is 6.92 Å². The molecular weight excluding hydrogens is 292 g/mol. The first-order valence-corrected chi connectivity index (χ1v) is 7.26. The number of hydrogen-bond donors (Lipinski definition) is 0. The summed E-state index contributed by atoms with van der Waals surface area (Å²) in [6.07, 6.45) is 0.747. The molecule has 0 fully saturated rings. The number of halogens is 1. The zero-order valence-corrected chi connectivity index (χ0v) is 13.4. The van der Waals surface area contributed by atoms with Gasteiger partial charge in [-0.2, -0.15) is 5.10 Å². The fraction of sp³-hybridized carbons (Fsp3) is 0.500. The topological polar surface area (TPSA) is 61.9 Å². The van der Waals surface area contributed by atoms with Crippen LogP contribution in [0.15, 0.2) is 10.9 Å². The molecule has 0 radical (unpaired) electrons. The predicted molar refractivity (Wildman–Crippen MR) is 81.2 cm³/mol. The first kappa shape index (κ1) is 15.6. The van der Waals surface area contributed by atoms with Crippen molar-refractivity contribution in [1.82, 2.24) is 19.3 Å². The van der Waals surface area contributed by atoms with Gasteiger partial charge in [0.05, 0.1) is 30.1 Å². The minimum absolute atomic E-state index is 0.169. The molecule has 0 saturated heterocycles. The quantitative estimate of drug-likeness (QED) is 0.848. The lowest BCUT2D eigenvalue weighted by molar-refractivity contribution is 0.347. The summed E-state index contributed by atoms with van der Waals surface area (Å²) in [7, 11) is 1.49. The summed E-state index contributed by atoms with van der Waals surface area (Å²) in [5.74, 6) is 0. The lowest BCUT2D eigenvalue weighted by Gasteiger charge is -2.12. The van der Waals surface area contributed by atoms with Crippen molar-refractivity contribution in [2.24, 2.45) is 0 Å². The van der Waals surface area contributed by atoms with E-state index in [-0.39, 0.29) is 18.1 Å². The highest BCUT2D eigenvalue weighted by Gasteiger charge is 2.17. The Labute approximate surface area is 128 Å². The van der Waals surface area contributed by atoms with Gasteiger partial charge in [0.1, 0.15) is 0 Å². The molecule has 2 aromatic rings. The molecule has 0 spiro atoms. The van der Waals surface area contributed by atoms with Gasteiger partial charge in [-0.3, -0.25) is 14.0 Å². The normalized spacial score (nSPS) is 10.9. The van der Waals surface area contributed by atoms with Crippen LogP contribution in [0.5, 0.6) is 6.01 Å². The molecule has 0 aliphatic carbocycles. The summed E-state index contributed by atoms with van der Waals surface area (Å²) in [5.41, 5.74) is 2.08. The molecule has 7 heteroatoms. The Balaban J connectivity index is 2.53. The molecule has 2 rings (SSSR count). The molecule has 0 aliphatic heterocycles. The van der Waals surface area contributed by atoms with Crippen molar-refractivity contribution in [3.63, 3.8) is 0 Å². The van der Waals surface area contributed by atoms with Crippen LogP contribution < -0.4 is 10.3 Å². The monoisotopic (exact) mass is 310 g/mol. The van der Waals surface area contributed by atoms with Gasteiger partial charge in [-0.05, 0) is 20.3 Å². The van der Waals surface area contributed by atoms with Crippen LogP contribution in [-0.4, -0.2) is 26.4 Å². The Morgan fingerprint density at radius 3 is 2.67 bits per heavy atom. The summed E-state index contributed by atoms with van der Waals surface area (Å²) in [6.45, 7) is 6.71. The van der Waals surface area contributed by atoms with Crippen molar-refractivity contribution < 1.29 is 4.74 Å². The van der Waals surface area contributed by atoms with Gasteiger partial charge in [-0.1, -0.05) is 18.5 Å². The maximum absolute atomic E-state index is 12.2. The average Bonchev–Trinajstić information content (AvgIpc) is 2.77. The van der Waals surface area contributed by atoms with Gasteiger partial charge in [0.15, 0.2) is 0 Å². The molecule has 114 valence electrons. The van der Waals surface area contributed by atoms with E-state index < -0.39 is 0 Å². The molecule has 0 N–H and O–H groups in total. The maximum Gasteiger partial charge on any atom is 0.299 e. The highest BCUT2D eigenvalue weighted by Crippen LogP contribution is 2.23. The van der Waals surface area contributed by atoms with Crippen molar-refractivity contribution >= 4 is 11.6 Å². The first-order valence-electron chi connectivity index (χ1n) is 6.88. The van der Waals surface area contributed by atoms with E-state index in [1.165, 1.54) is 17.7 Å². The Morgan fingerprint density at radius 1 is 1.38 bits per heavy atom. The fourth-order valence-electron chi connectivity index (χ4n) is 2.21. The molecule has 0 amide bonds. The molecule has 2 aromatic heterocycles. The number of aryl methyl sites for hydroxylation is 3. The minimum Gasteiger partial charge on any atom is -0.468 e. The highest BCUT2D eigenvalue weighted by atomic mass is 35.5. The van der Waals surface area contributed by atoms with E-state index in [1.54, 1.807) is 6.92 Å². The molecular formula is C14H19ClN4O2. The van der Waals surface area contributed by atoms with Crippen LogP contribution in [0.1, 0.15) is 30.9 Å². The molecule has 0 aromatic carbocycles. The molecule has 0 unspecified atom stereocenters. The van der Waals surface area contributed by atoms with E-state index in [0.29, 0.717) is 17.3 Å². The van der Waals surface area contributed by atoms with E-state index in [9.17, 15) is 4.79 Å². The van der Waals surface area contributed by atoms with Crippen molar-refractivity contribution in [2.75, 3.05) is 7.11 Å². The second-order valence-electron chi connectivity index (χ2n) is 4.69. The predicted octanol–water partition coefficient (Wildman–Crippen LogP) is 2.04. The van der Waals surface area contributed by atoms with Crippen LogP contribution in [0.25, 0.3) is 0 Å². The van der Waals surface area contributed by atoms with Crippen molar-refractivity contribution in [3.8, 4) is 6.01 Å². The van der Waals surface area contributed by atoms with Crippen LogP contribution in [-0.2, 0) is 19.5 Å². The third kappa shape index (κ3) is 2.95. The van der Waals surface area contributed by atoms with E-state index in [1.807, 2.05) is 18.5 Å². The molecule has 0 saturated carbocycles. The summed E-state index contributed by atoms with van der Waals surface area (Å²) in [4.78, 5) is 16.4. The third-order valence-electron chi connectivity index (χ3n) is 3.29. The van der Waals surface area contributed by atoms with Gasteiger partial charge in [-0.15, -0.1) is 0 Å². The number of rotatable bonds is 5. The second-order valence-corrected chi connectivity index (χ2v) is 5.06. The lowest BCUT2D eigenvalue weighted by Crippen LogP contribution is -2.24. The van der Waals surface area contributed by atoms with Gasteiger partial charge in [0, 0.05) is 18.3 Å². The Bertz CT molecular complexity index is 706. The number of ether oxygens (including phenoxy) is 1. The summed E-state index contributed by atoms with van der Waals surface area (Å²) < 4.78 is 8.48. The van der Waals surface area contributed by atoms with Gasteiger partial charge in [0.25, 0.3) is 11.6 Å². The fourth-order valence-corrected chi connectivity index (χ4v) is 2.54. The minimum atomic E-state index is -0.169. The van der Waals surface area contributed by atoms with Crippen LogP contribution in [0.2, 0.25) is 5.02 Å². The Kier molecular flexibility index (Phi) is 4.67. The van der Waals surface area contributed by atoms with Crippen LogP contribution in [0.4, 0.5) is 0 Å². The van der Waals surface area contributed by atoms with Crippen LogP contribution in [0.3, 0.4) is 0 Å². The molecule has 0 bridgehead atoms. The Morgan fingerprint density at radius 2 is 2.10 bits per heavy atom. The molecule has 6 nitrogen and oxygen atoms in total. The first-order chi connectivity index (χ1) is 10.0. The van der Waals surface area contributed by atoms with E-state index in [0.717, 1.165) is 17.8 Å². The highest BCUT2D eigenvalue weighted by molar-refractivity contribution is 6.31. The van der Waals surface area contributed by atoms with Crippen LogP contribution >= 0.6 is 11.6 Å². The van der Waals surface area contributed by atoms with Gasteiger partial charge in [0.2, 0.25) is 0 Å². The maximum atomic E-state index is 12.2. The standard InChI is InChI=1S/C14H19ClN4O2/c1-5-10-13(15)11(19(6-2)17-10)8-18-12(20)7-9(3)16-14(18)21-4/h7H,5-6,8H2,1-4H3. The number of methoxy groups -OCH3 is 1. The van der Waals surface area contributed by atoms with Gasteiger partial charge >= 0.3 is 0 Å². The summed E-state index contributed by atoms with van der Waals surface area (Å²) >= 11 is 6.38. The Hall–Kier alpha value is -1.82. The molecule has 2 heterocycles. The van der Waals surface area contributed by atoms with E-state index >= 15 is 0 Å². The summed E-state index contributed by atoms with van der Waals surface area (Å²) in [6, 6.07) is 1.75. The molecule has 0 atom stereocenters. The zero-order valence-electron chi connectivity index (χ0n) is 12.7. The number of nitrogens with zero attached hydrogens (tertiary/aromatic N) is 4. The smallest absolute Gasteiger partial charge is 0.299 e. The number of hydrogen-bond acceptors (Lipinski definition) is 4. The van der Waals surface area contributed by atoms with Crippen molar-refractivity contribution in [2.45, 2.75) is 40.3 Å². The van der Waals surface area contributed by atoms with E-state index in [4.69, 9.17) is 16.3 Å². The average molecular weight is 311 g/mol. The second kappa shape index (κ2) is 6.30. The van der Waals surface area contributed by atoms with Crippen molar-refractivity contribution in [1.29, 1.82) is 0 Å². The zero-order chi connectivity index (χ0) is 15.6. The third-order valence-corrected chi connectivity index (χ3v) is 3.72. The van der Waals surface area contributed by atoms with E-state index in [2.05, 4.69) is 10.1 Å².